The Bertz CT molecular complexity index is 379. The molecule has 6 heteroatoms. The number of aliphatic carboxylic acids is 1. The smallest absolute Gasteiger partial charge is 0.311 e. The fourth-order valence-corrected chi connectivity index (χ4v) is 3.33. The van der Waals surface area contributed by atoms with Gasteiger partial charge in [0.05, 0.1) is 24.8 Å². The largest absolute Gasteiger partial charge is 0.481 e. The van der Waals surface area contributed by atoms with Gasteiger partial charge in [-0.2, -0.15) is 0 Å². The summed E-state index contributed by atoms with van der Waals surface area (Å²) in [5.74, 6) is -1.47. The summed E-state index contributed by atoms with van der Waals surface area (Å²) in [5, 5.41) is 12.6. The van der Waals surface area contributed by atoms with Crippen molar-refractivity contribution >= 4 is 11.9 Å². The van der Waals surface area contributed by atoms with Crippen LogP contribution in [0.5, 0.6) is 0 Å². The van der Waals surface area contributed by atoms with E-state index in [4.69, 9.17) is 4.74 Å². The van der Waals surface area contributed by atoms with Crippen molar-refractivity contribution in [2.45, 2.75) is 44.7 Å². The topological polar surface area (TPSA) is 78.9 Å². The Labute approximate surface area is 119 Å². The van der Waals surface area contributed by atoms with Gasteiger partial charge in [-0.05, 0) is 32.7 Å². The Morgan fingerprint density at radius 2 is 2.15 bits per heavy atom. The van der Waals surface area contributed by atoms with Crippen LogP contribution in [0.2, 0.25) is 0 Å². The molecule has 2 heterocycles. The maximum Gasteiger partial charge on any atom is 0.311 e. The predicted molar refractivity (Wildman–Crippen MR) is 73.4 cm³/mol. The molecule has 20 heavy (non-hydrogen) atoms. The molecule has 3 unspecified atom stereocenters. The molecule has 2 aliphatic heterocycles. The van der Waals surface area contributed by atoms with Crippen molar-refractivity contribution in [2.24, 2.45) is 5.92 Å². The number of rotatable bonds is 5. The third-order valence-corrected chi connectivity index (χ3v) is 4.63. The van der Waals surface area contributed by atoms with E-state index < -0.39 is 17.4 Å². The number of likely N-dealkylation sites (N-methyl/N-ethyl adjacent to an activating group) is 1. The number of carbonyl (C=O) groups excluding carboxylic acids is 1. The van der Waals surface area contributed by atoms with Gasteiger partial charge in [0.15, 0.2) is 0 Å². The van der Waals surface area contributed by atoms with Crippen LogP contribution < -0.4 is 5.32 Å². The minimum absolute atomic E-state index is 0.0294. The van der Waals surface area contributed by atoms with Gasteiger partial charge in [0.25, 0.3) is 0 Å². The quantitative estimate of drug-likeness (QED) is 0.767. The van der Waals surface area contributed by atoms with Crippen molar-refractivity contribution in [1.29, 1.82) is 0 Å². The molecule has 0 bridgehead atoms. The molecule has 0 aromatic rings. The van der Waals surface area contributed by atoms with Crippen LogP contribution in [0.25, 0.3) is 0 Å². The van der Waals surface area contributed by atoms with Crippen molar-refractivity contribution in [3.63, 3.8) is 0 Å². The van der Waals surface area contributed by atoms with Gasteiger partial charge in [-0.3, -0.25) is 9.59 Å². The van der Waals surface area contributed by atoms with Crippen LogP contribution >= 0.6 is 0 Å². The van der Waals surface area contributed by atoms with Gasteiger partial charge in [-0.25, -0.2) is 0 Å². The molecule has 3 atom stereocenters. The number of amides is 1. The molecule has 0 radical (unpaired) electrons. The minimum Gasteiger partial charge on any atom is -0.481 e. The van der Waals surface area contributed by atoms with Gasteiger partial charge < -0.3 is 20.1 Å². The predicted octanol–water partition coefficient (Wildman–Crippen LogP) is 0.467. The van der Waals surface area contributed by atoms with Crippen molar-refractivity contribution in [1.82, 2.24) is 10.2 Å². The van der Waals surface area contributed by atoms with E-state index in [1.807, 2.05) is 13.8 Å². The lowest BCUT2D eigenvalue weighted by Gasteiger charge is -2.37. The highest BCUT2D eigenvalue weighted by atomic mass is 16.5. The lowest BCUT2D eigenvalue weighted by atomic mass is 9.90. The van der Waals surface area contributed by atoms with Crippen LogP contribution in [-0.2, 0) is 14.3 Å². The number of hydrogen-bond acceptors (Lipinski definition) is 4. The summed E-state index contributed by atoms with van der Waals surface area (Å²) in [6.45, 7) is 5.77. The van der Waals surface area contributed by atoms with Crippen LogP contribution in [0.15, 0.2) is 0 Å². The Morgan fingerprint density at radius 1 is 1.40 bits per heavy atom. The second kappa shape index (κ2) is 6.10. The average Bonchev–Trinajstić information content (AvgIpc) is 3.09. The van der Waals surface area contributed by atoms with E-state index in [0.717, 1.165) is 25.8 Å². The third kappa shape index (κ3) is 2.54. The summed E-state index contributed by atoms with van der Waals surface area (Å²) < 4.78 is 5.30. The summed E-state index contributed by atoms with van der Waals surface area (Å²) in [4.78, 5) is 25.9. The van der Waals surface area contributed by atoms with Crippen LogP contribution in [0, 0.1) is 5.92 Å². The highest BCUT2D eigenvalue weighted by Gasteiger charge is 2.47. The van der Waals surface area contributed by atoms with Gasteiger partial charge in [-0.1, -0.05) is 6.92 Å². The van der Waals surface area contributed by atoms with Crippen molar-refractivity contribution < 1.29 is 19.4 Å². The van der Waals surface area contributed by atoms with Crippen LogP contribution in [0.1, 0.15) is 33.1 Å². The first-order valence-electron chi connectivity index (χ1n) is 7.42. The number of carboxylic acids is 1. The molecular weight excluding hydrogens is 260 g/mol. The number of nitrogens with one attached hydrogen (secondary N) is 1. The highest BCUT2D eigenvalue weighted by Crippen LogP contribution is 2.29. The van der Waals surface area contributed by atoms with Crippen molar-refractivity contribution in [3.8, 4) is 0 Å². The standard InChI is InChI=1S/C14H24N2O4/c1-3-14(6-5-7-15-14)13(19)16(4-2)11-9-20-8-10(11)12(17)18/h10-11,15H,3-9H2,1-2H3,(H,17,18). The fraction of sp³-hybridized carbons (Fsp3) is 0.857. The molecule has 0 aromatic carbocycles. The van der Waals surface area contributed by atoms with Gasteiger partial charge in [0.1, 0.15) is 5.92 Å². The molecule has 6 nitrogen and oxygen atoms in total. The first-order chi connectivity index (χ1) is 9.55. The van der Waals surface area contributed by atoms with Gasteiger partial charge in [0.2, 0.25) is 5.91 Å². The minimum atomic E-state index is -0.885. The molecule has 1 amide bonds. The zero-order valence-electron chi connectivity index (χ0n) is 12.2. The first kappa shape index (κ1) is 15.3. The highest BCUT2D eigenvalue weighted by molar-refractivity contribution is 5.87. The lowest BCUT2D eigenvalue weighted by Crippen LogP contribution is -2.58. The van der Waals surface area contributed by atoms with E-state index in [2.05, 4.69) is 5.32 Å². The molecule has 2 aliphatic rings. The van der Waals surface area contributed by atoms with E-state index >= 15 is 0 Å². The van der Waals surface area contributed by atoms with Gasteiger partial charge >= 0.3 is 5.97 Å². The maximum atomic E-state index is 12.9. The molecular formula is C14H24N2O4. The molecule has 0 aromatic heterocycles. The Kier molecular flexibility index (Phi) is 4.65. The summed E-state index contributed by atoms with van der Waals surface area (Å²) in [6, 6.07) is -0.351. The van der Waals surface area contributed by atoms with E-state index in [-0.39, 0.29) is 18.6 Å². The first-order valence-corrected chi connectivity index (χ1v) is 7.42. The summed E-state index contributed by atoms with van der Waals surface area (Å²) in [7, 11) is 0. The molecule has 2 rings (SSSR count). The molecule has 0 spiro atoms. The molecule has 2 fully saturated rings. The Morgan fingerprint density at radius 3 is 2.65 bits per heavy atom. The van der Waals surface area contributed by atoms with Crippen molar-refractivity contribution in [3.05, 3.63) is 0 Å². The second-order valence-electron chi connectivity index (χ2n) is 5.61. The molecule has 0 aliphatic carbocycles. The number of carbonyl (C=O) groups is 2. The zero-order valence-corrected chi connectivity index (χ0v) is 12.2. The fourth-order valence-electron chi connectivity index (χ4n) is 3.33. The summed E-state index contributed by atoms with van der Waals surface area (Å²) >= 11 is 0. The number of ether oxygens (including phenoxy) is 1. The average molecular weight is 284 g/mol. The van der Waals surface area contributed by atoms with E-state index in [1.54, 1.807) is 4.90 Å². The Balaban J connectivity index is 2.19. The monoisotopic (exact) mass is 284 g/mol. The molecule has 0 saturated carbocycles. The van der Waals surface area contributed by atoms with Crippen molar-refractivity contribution in [2.75, 3.05) is 26.3 Å². The van der Waals surface area contributed by atoms with E-state index in [9.17, 15) is 14.7 Å². The van der Waals surface area contributed by atoms with Gasteiger partial charge in [-0.15, -0.1) is 0 Å². The SMILES string of the molecule is CCN(C(=O)C1(CC)CCCN1)C1COCC1C(=O)O. The van der Waals surface area contributed by atoms with E-state index in [0.29, 0.717) is 13.2 Å². The third-order valence-electron chi connectivity index (χ3n) is 4.63. The number of nitrogens with zero attached hydrogens (tertiary/aromatic N) is 1. The second-order valence-corrected chi connectivity index (χ2v) is 5.61. The number of hydrogen-bond donors (Lipinski definition) is 2. The zero-order chi connectivity index (χ0) is 14.8. The van der Waals surface area contributed by atoms with Crippen LogP contribution in [-0.4, -0.2) is 59.8 Å². The normalized spacial score (nSPS) is 33.3. The Hall–Kier alpha value is -1.14. The van der Waals surface area contributed by atoms with Crippen LogP contribution in [0.3, 0.4) is 0 Å². The molecule has 2 N–H and O–H groups in total. The molecule has 2 saturated heterocycles. The summed E-state index contributed by atoms with van der Waals surface area (Å²) in [5.41, 5.74) is -0.512. The van der Waals surface area contributed by atoms with E-state index in [1.165, 1.54) is 0 Å². The lowest BCUT2D eigenvalue weighted by molar-refractivity contribution is -0.147. The van der Waals surface area contributed by atoms with Crippen LogP contribution in [0.4, 0.5) is 0 Å². The summed E-state index contributed by atoms with van der Waals surface area (Å²) in [6.07, 6.45) is 2.54. The molecule has 114 valence electrons. The van der Waals surface area contributed by atoms with Gasteiger partial charge in [0, 0.05) is 6.54 Å². The maximum absolute atomic E-state index is 12.9. The number of carboxylic acid groups (broad SMARTS) is 1.